The Bertz CT molecular complexity index is 978. The highest BCUT2D eigenvalue weighted by Gasteiger charge is 2.36. The minimum absolute atomic E-state index is 0.113. The number of benzene rings is 2. The molecule has 1 atom stereocenters. The van der Waals surface area contributed by atoms with Crippen LogP contribution in [0.15, 0.2) is 42.5 Å². The maximum Gasteiger partial charge on any atom is 0.265 e. The van der Waals surface area contributed by atoms with Gasteiger partial charge in [0.1, 0.15) is 11.5 Å². The van der Waals surface area contributed by atoms with Crippen molar-refractivity contribution in [2.75, 3.05) is 31.3 Å². The molecule has 0 bridgehead atoms. The number of halogens is 1. The van der Waals surface area contributed by atoms with E-state index >= 15 is 0 Å². The van der Waals surface area contributed by atoms with E-state index in [9.17, 15) is 13.2 Å². The Morgan fingerprint density at radius 2 is 1.96 bits per heavy atom. The van der Waals surface area contributed by atoms with Gasteiger partial charge in [-0.2, -0.15) is 0 Å². The Hall–Kier alpha value is -2.45. The van der Waals surface area contributed by atoms with Crippen LogP contribution in [0.25, 0.3) is 0 Å². The lowest BCUT2D eigenvalue weighted by atomic mass is 10.1. The zero-order valence-corrected chi connectivity index (χ0v) is 17.3. The SMILES string of the molecule is COc1ccc(CN(C)C(=O)[C@H]2CN(S(C)(=O)=O)c3cc(Cl)ccc3O2)cc1. The summed E-state index contributed by atoms with van der Waals surface area (Å²) in [5, 5.41) is 0.386. The van der Waals surface area contributed by atoms with Gasteiger partial charge in [-0.3, -0.25) is 9.10 Å². The van der Waals surface area contributed by atoms with Crippen LogP contribution in [0, 0.1) is 0 Å². The van der Waals surface area contributed by atoms with Crippen molar-refractivity contribution < 1.29 is 22.7 Å². The van der Waals surface area contributed by atoms with E-state index in [-0.39, 0.29) is 12.5 Å². The molecular weight excluding hydrogens is 404 g/mol. The first-order valence-electron chi connectivity index (χ1n) is 8.51. The van der Waals surface area contributed by atoms with E-state index in [1.807, 2.05) is 24.3 Å². The fourth-order valence-electron chi connectivity index (χ4n) is 3.00. The molecule has 0 fully saturated rings. The Labute approximate surface area is 169 Å². The summed E-state index contributed by atoms with van der Waals surface area (Å²) in [6.07, 6.45) is 0.137. The zero-order chi connectivity index (χ0) is 20.5. The van der Waals surface area contributed by atoms with Crippen molar-refractivity contribution in [1.82, 2.24) is 4.90 Å². The van der Waals surface area contributed by atoms with Crippen molar-refractivity contribution >= 4 is 33.2 Å². The molecule has 3 rings (SSSR count). The number of ether oxygens (including phenoxy) is 2. The molecule has 0 unspecified atom stereocenters. The lowest BCUT2D eigenvalue weighted by Crippen LogP contribution is -2.50. The third-order valence-corrected chi connectivity index (χ3v) is 5.80. The van der Waals surface area contributed by atoms with Gasteiger partial charge in [0.25, 0.3) is 5.91 Å². The molecule has 2 aromatic carbocycles. The molecule has 1 heterocycles. The summed E-state index contributed by atoms with van der Waals surface area (Å²) in [4.78, 5) is 14.4. The van der Waals surface area contributed by atoms with Gasteiger partial charge in [0.2, 0.25) is 10.0 Å². The number of hydrogen-bond donors (Lipinski definition) is 0. The Balaban J connectivity index is 1.80. The van der Waals surface area contributed by atoms with Crippen molar-refractivity contribution in [3.63, 3.8) is 0 Å². The molecule has 0 saturated carbocycles. The molecule has 2 aromatic rings. The van der Waals surface area contributed by atoms with Crippen LogP contribution in [-0.2, 0) is 21.4 Å². The molecule has 9 heteroatoms. The summed E-state index contributed by atoms with van der Waals surface area (Å²) in [5.41, 5.74) is 1.25. The minimum atomic E-state index is -3.60. The van der Waals surface area contributed by atoms with Crippen LogP contribution in [0.4, 0.5) is 5.69 Å². The standard InChI is InChI=1S/C19H21ClN2O5S/c1-21(11-13-4-7-15(26-2)8-5-13)19(23)18-12-22(28(3,24)25)16-10-14(20)6-9-17(16)27-18/h4-10,18H,11-12H2,1-3H3/t18-/m1/s1. The maximum atomic E-state index is 12.9. The maximum absolute atomic E-state index is 12.9. The Morgan fingerprint density at radius 1 is 1.29 bits per heavy atom. The van der Waals surface area contributed by atoms with E-state index < -0.39 is 16.1 Å². The second kappa shape index (κ2) is 7.89. The predicted octanol–water partition coefficient (Wildman–Crippen LogP) is 2.53. The van der Waals surface area contributed by atoms with Gasteiger partial charge in [-0.25, -0.2) is 8.42 Å². The molecule has 0 aliphatic carbocycles. The van der Waals surface area contributed by atoms with Crippen molar-refractivity contribution in [3.05, 3.63) is 53.1 Å². The van der Waals surface area contributed by atoms with Gasteiger partial charge in [0, 0.05) is 18.6 Å². The molecule has 0 N–H and O–H groups in total. The molecule has 1 aliphatic rings. The number of fused-ring (bicyclic) bond motifs is 1. The van der Waals surface area contributed by atoms with E-state index in [1.54, 1.807) is 26.3 Å². The van der Waals surface area contributed by atoms with Crippen LogP contribution in [0.5, 0.6) is 11.5 Å². The molecule has 28 heavy (non-hydrogen) atoms. The molecule has 0 saturated heterocycles. The Kier molecular flexibility index (Phi) is 5.71. The van der Waals surface area contributed by atoms with Crippen molar-refractivity contribution in [3.8, 4) is 11.5 Å². The summed E-state index contributed by atoms with van der Waals surface area (Å²) < 4.78 is 36.6. The number of methoxy groups -OCH3 is 1. The third-order valence-electron chi connectivity index (χ3n) is 4.42. The van der Waals surface area contributed by atoms with Crippen molar-refractivity contribution in [2.24, 2.45) is 0 Å². The highest BCUT2D eigenvalue weighted by molar-refractivity contribution is 7.92. The number of nitrogens with zero attached hydrogens (tertiary/aromatic N) is 2. The van der Waals surface area contributed by atoms with Gasteiger partial charge >= 0.3 is 0 Å². The first kappa shape index (κ1) is 20.3. The monoisotopic (exact) mass is 424 g/mol. The fourth-order valence-corrected chi connectivity index (χ4v) is 4.07. The van der Waals surface area contributed by atoms with E-state index in [1.165, 1.54) is 11.0 Å². The zero-order valence-electron chi connectivity index (χ0n) is 15.8. The molecule has 0 spiro atoms. The quantitative estimate of drug-likeness (QED) is 0.737. The number of likely N-dealkylation sites (N-methyl/N-ethyl adjacent to an activating group) is 1. The minimum Gasteiger partial charge on any atom is -0.497 e. The van der Waals surface area contributed by atoms with Gasteiger partial charge < -0.3 is 14.4 Å². The van der Waals surface area contributed by atoms with Crippen LogP contribution in [0.2, 0.25) is 5.02 Å². The summed E-state index contributed by atoms with van der Waals surface area (Å²) in [6, 6.07) is 12.0. The van der Waals surface area contributed by atoms with Crippen LogP contribution in [0.1, 0.15) is 5.56 Å². The average molecular weight is 425 g/mol. The first-order chi connectivity index (χ1) is 13.2. The van der Waals surface area contributed by atoms with Gasteiger partial charge in [0.15, 0.2) is 6.10 Å². The predicted molar refractivity (Wildman–Crippen MR) is 108 cm³/mol. The summed E-state index contributed by atoms with van der Waals surface area (Å²) in [7, 11) is -0.367. The summed E-state index contributed by atoms with van der Waals surface area (Å²) in [5.74, 6) is 0.717. The van der Waals surface area contributed by atoms with Crippen molar-refractivity contribution in [1.29, 1.82) is 0 Å². The molecule has 7 nitrogen and oxygen atoms in total. The molecule has 1 amide bonds. The van der Waals surface area contributed by atoms with Crippen LogP contribution in [0.3, 0.4) is 0 Å². The lowest BCUT2D eigenvalue weighted by Gasteiger charge is -2.35. The number of anilines is 1. The van der Waals surface area contributed by atoms with E-state index in [0.717, 1.165) is 21.9 Å². The van der Waals surface area contributed by atoms with Gasteiger partial charge in [0.05, 0.1) is 25.6 Å². The lowest BCUT2D eigenvalue weighted by molar-refractivity contribution is -0.137. The second-order valence-electron chi connectivity index (χ2n) is 6.56. The largest absolute Gasteiger partial charge is 0.497 e. The van der Waals surface area contributed by atoms with Crippen LogP contribution in [-0.4, -0.2) is 52.3 Å². The molecule has 1 aliphatic heterocycles. The number of rotatable bonds is 5. The topological polar surface area (TPSA) is 76.2 Å². The van der Waals surface area contributed by atoms with Crippen molar-refractivity contribution in [2.45, 2.75) is 12.6 Å². The summed E-state index contributed by atoms with van der Waals surface area (Å²) >= 11 is 5.99. The third kappa shape index (κ3) is 4.34. The van der Waals surface area contributed by atoms with Crippen LogP contribution < -0.4 is 13.8 Å². The average Bonchev–Trinajstić information content (AvgIpc) is 2.66. The first-order valence-corrected chi connectivity index (χ1v) is 10.7. The molecular formula is C19H21ClN2O5S. The van der Waals surface area contributed by atoms with E-state index in [0.29, 0.717) is 23.0 Å². The number of amides is 1. The van der Waals surface area contributed by atoms with Crippen LogP contribution >= 0.6 is 11.6 Å². The van der Waals surface area contributed by atoms with Gasteiger partial charge in [-0.15, -0.1) is 0 Å². The Morgan fingerprint density at radius 3 is 2.57 bits per heavy atom. The summed E-state index contributed by atoms with van der Waals surface area (Å²) in [6.45, 7) is 0.243. The molecule has 0 aromatic heterocycles. The number of carbonyl (C=O) groups is 1. The molecule has 150 valence electrons. The van der Waals surface area contributed by atoms with E-state index in [2.05, 4.69) is 0 Å². The normalized spacial score (nSPS) is 16.1. The highest BCUT2D eigenvalue weighted by Crippen LogP contribution is 2.37. The smallest absolute Gasteiger partial charge is 0.265 e. The molecule has 0 radical (unpaired) electrons. The number of carbonyl (C=O) groups excluding carboxylic acids is 1. The van der Waals surface area contributed by atoms with Gasteiger partial charge in [-0.05, 0) is 35.9 Å². The fraction of sp³-hybridized carbons (Fsp3) is 0.316. The van der Waals surface area contributed by atoms with Gasteiger partial charge in [-0.1, -0.05) is 23.7 Å². The number of hydrogen-bond acceptors (Lipinski definition) is 5. The highest BCUT2D eigenvalue weighted by atomic mass is 35.5. The van der Waals surface area contributed by atoms with E-state index in [4.69, 9.17) is 21.1 Å². The number of sulfonamides is 1. The second-order valence-corrected chi connectivity index (χ2v) is 8.90.